The van der Waals surface area contributed by atoms with Crippen LogP contribution in [0.3, 0.4) is 0 Å². The molecule has 0 aliphatic carbocycles. The number of fused-ring (bicyclic) bond motifs is 1. The number of rotatable bonds is 4. The lowest BCUT2D eigenvalue weighted by Crippen LogP contribution is -2.36. The van der Waals surface area contributed by atoms with Crippen molar-refractivity contribution >= 4 is 34.0 Å². The molecular formula is C20H19N5O2S. The van der Waals surface area contributed by atoms with Gasteiger partial charge >= 0.3 is 0 Å². The van der Waals surface area contributed by atoms with Gasteiger partial charge in [0.15, 0.2) is 5.13 Å². The summed E-state index contributed by atoms with van der Waals surface area (Å²) in [7, 11) is 0. The number of benzene rings is 1. The SMILES string of the molecule is Cc1ccc2c(c1)CCCN2C(=O)Cc1csc(NC(=O)c2ncccn2)n1. The molecule has 0 radical (unpaired) electrons. The molecule has 1 aliphatic rings. The number of amides is 2. The molecule has 1 N–H and O–H groups in total. The second-order valence-corrected chi connectivity index (χ2v) is 7.49. The zero-order valence-corrected chi connectivity index (χ0v) is 16.2. The van der Waals surface area contributed by atoms with Crippen LogP contribution in [0.4, 0.5) is 10.8 Å². The van der Waals surface area contributed by atoms with Crippen molar-refractivity contribution in [3.05, 3.63) is 64.7 Å². The van der Waals surface area contributed by atoms with Gasteiger partial charge in [0.05, 0.1) is 12.1 Å². The number of aromatic nitrogens is 3. The Morgan fingerprint density at radius 1 is 1.25 bits per heavy atom. The predicted molar refractivity (Wildman–Crippen MR) is 108 cm³/mol. The molecule has 0 saturated carbocycles. The van der Waals surface area contributed by atoms with Gasteiger partial charge in [0.1, 0.15) is 0 Å². The number of aryl methyl sites for hydroxylation is 2. The van der Waals surface area contributed by atoms with Gasteiger partial charge in [0, 0.05) is 30.0 Å². The summed E-state index contributed by atoms with van der Waals surface area (Å²) in [5.41, 5.74) is 4.05. The molecule has 1 aromatic carbocycles. The minimum atomic E-state index is -0.423. The fourth-order valence-corrected chi connectivity index (χ4v) is 3.96. The maximum atomic E-state index is 12.9. The molecule has 8 heteroatoms. The molecular weight excluding hydrogens is 374 g/mol. The van der Waals surface area contributed by atoms with E-state index in [2.05, 4.69) is 33.3 Å². The third-order valence-corrected chi connectivity index (χ3v) is 5.33. The van der Waals surface area contributed by atoms with Crippen molar-refractivity contribution in [2.24, 2.45) is 0 Å². The number of carbonyl (C=O) groups excluding carboxylic acids is 2. The lowest BCUT2D eigenvalue weighted by molar-refractivity contribution is -0.118. The highest BCUT2D eigenvalue weighted by atomic mass is 32.1. The summed E-state index contributed by atoms with van der Waals surface area (Å²) < 4.78 is 0. The summed E-state index contributed by atoms with van der Waals surface area (Å²) in [6, 6.07) is 7.85. The van der Waals surface area contributed by atoms with E-state index in [0.29, 0.717) is 17.4 Å². The molecule has 4 rings (SSSR count). The highest BCUT2D eigenvalue weighted by molar-refractivity contribution is 7.14. The zero-order chi connectivity index (χ0) is 19.5. The standard InChI is InChI=1S/C20H19N5O2S/c1-13-5-6-16-14(10-13)4-2-9-25(16)17(26)11-15-12-28-20(23-15)24-19(27)18-21-7-3-8-22-18/h3,5-8,10,12H,2,4,9,11H2,1H3,(H,23,24,27). The number of nitrogens with one attached hydrogen (secondary N) is 1. The molecule has 2 aromatic heterocycles. The molecule has 0 bridgehead atoms. The van der Waals surface area contributed by atoms with Gasteiger partial charge in [-0.2, -0.15) is 0 Å². The Kier molecular flexibility index (Phi) is 5.12. The van der Waals surface area contributed by atoms with E-state index in [0.717, 1.165) is 18.5 Å². The number of hydrogen-bond acceptors (Lipinski definition) is 6. The monoisotopic (exact) mass is 393 g/mol. The minimum absolute atomic E-state index is 0.0133. The highest BCUT2D eigenvalue weighted by Crippen LogP contribution is 2.28. The van der Waals surface area contributed by atoms with Crippen molar-refractivity contribution in [3.63, 3.8) is 0 Å². The van der Waals surface area contributed by atoms with Crippen LogP contribution < -0.4 is 10.2 Å². The van der Waals surface area contributed by atoms with Crippen LogP contribution in [0.2, 0.25) is 0 Å². The van der Waals surface area contributed by atoms with E-state index in [1.165, 1.54) is 34.9 Å². The average molecular weight is 393 g/mol. The predicted octanol–water partition coefficient (Wildman–Crippen LogP) is 3.02. The van der Waals surface area contributed by atoms with Crippen LogP contribution in [0, 0.1) is 6.92 Å². The van der Waals surface area contributed by atoms with Gasteiger partial charge in [-0.05, 0) is 37.5 Å². The molecule has 0 saturated heterocycles. The molecule has 2 amide bonds. The van der Waals surface area contributed by atoms with E-state index in [1.807, 2.05) is 17.0 Å². The van der Waals surface area contributed by atoms with Gasteiger partial charge < -0.3 is 4.90 Å². The Morgan fingerprint density at radius 2 is 2.07 bits per heavy atom. The molecule has 0 unspecified atom stereocenters. The highest BCUT2D eigenvalue weighted by Gasteiger charge is 2.23. The maximum absolute atomic E-state index is 12.9. The normalized spacial score (nSPS) is 13.1. The molecule has 3 heterocycles. The van der Waals surface area contributed by atoms with Gasteiger partial charge in [-0.1, -0.05) is 17.7 Å². The Morgan fingerprint density at radius 3 is 2.89 bits per heavy atom. The van der Waals surface area contributed by atoms with Crippen LogP contribution in [-0.2, 0) is 17.6 Å². The molecule has 28 heavy (non-hydrogen) atoms. The molecule has 3 aromatic rings. The van der Waals surface area contributed by atoms with E-state index in [-0.39, 0.29) is 18.2 Å². The number of thiazole rings is 1. The van der Waals surface area contributed by atoms with Crippen LogP contribution in [0.15, 0.2) is 42.0 Å². The van der Waals surface area contributed by atoms with Crippen LogP contribution in [-0.4, -0.2) is 33.3 Å². The molecule has 0 atom stereocenters. The maximum Gasteiger partial charge on any atom is 0.295 e. The minimum Gasteiger partial charge on any atom is -0.312 e. The number of anilines is 2. The first-order valence-electron chi connectivity index (χ1n) is 9.03. The summed E-state index contributed by atoms with van der Waals surface area (Å²) in [5, 5.41) is 4.89. The molecule has 7 nitrogen and oxygen atoms in total. The topological polar surface area (TPSA) is 88.1 Å². The summed E-state index contributed by atoms with van der Waals surface area (Å²) in [6.45, 7) is 2.78. The van der Waals surface area contributed by atoms with Crippen molar-refractivity contribution in [1.29, 1.82) is 0 Å². The van der Waals surface area contributed by atoms with Crippen molar-refractivity contribution in [3.8, 4) is 0 Å². The van der Waals surface area contributed by atoms with Crippen molar-refractivity contribution < 1.29 is 9.59 Å². The van der Waals surface area contributed by atoms with Crippen molar-refractivity contribution in [1.82, 2.24) is 15.0 Å². The number of hydrogen-bond donors (Lipinski definition) is 1. The Hall–Kier alpha value is -3.13. The van der Waals surface area contributed by atoms with Crippen molar-refractivity contribution in [2.45, 2.75) is 26.2 Å². The summed E-state index contributed by atoms with van der Waals surface area (Å²) in [4.78, 5) is 39.0. The van der Waals surface area contributed by atoms with Crippen LogP contribution >= 0.6 is 11.3 Å². The van der Waals surface area contributed by atoms with Gasteiger partial charge in [-0.15, -0.1) is 11.3 Å². The molecule has 142 valence electrons. The molecule has 0 fully saturated rings. The number of nitrogens with zero attached hydrogens (tertiary/aromatic N) is 4. The smallest absolute Gasteiger partial charge is 0.295 e. The van der Waals surface area contributed by atoms with Crippen LogP contribution in [0.25, 0.3) is 0 Å². The lowest BCUT2D eigenvalue weighted by atomic mass is 9.99. The third kappa shape index (κ3) is 3.91. The van der Waals surface area contributed by atoms with Crippen molar-refractivity contribution in [2.75, 3.05) is 16.8 Å². The summed E-state index contributed by atoms with van der Waals surface area (Å²) in [5.74, 6) is -0.330. The average Bonchev–Trinajstić information content (AvgIpc) is 3.14. The van der Waals surface area contributed by atoms with Crippen LogP contribution in [0.1, 0.15) is 33.9 Å². The Labute approximate surface area is 166 Å². The third-order valence-electron chi connectivity index (χ3n) is 4.53. The van der Waals surface area contributed by atoms with E-state index >= 15 is 0 Å². The van der Waals surface area contributed by atoms with Gasteiger partial charge in [0.2, 0.25) is 11.7 Å². The fraction of sp³-hybridized carbons (Fsp3) is 0.250. The van der Waals surface area contributed by atoms with E-state index in [9.17, 15) is 9.59 Å². The summed E-state index contributed by atoms with van der Waals surface area (Å²) >= 11 is 1.28. The van der Waals surface area contributed by atoms with Crippen LogP contribution in [0.5, 0.6) is 0 Å². The van der Waals surface area contributed by atoms with Gasteiger partial charge in [-0.25, -0.2) is 15.0 Å². The summed E-state index contributed by atoms with van der Waals surface area (Å²) in [6.07, 6.45) is 5.16. The molecule has 0 spiro atoms. The largest absolute Gasteiger partial charge is 0.312 e. The second kappa shape index (κ2) is 7.85. The van der Waals surface area contributed by atoms with Gasteiger partial charge in [0.25, 0.3) is 5.91 Å². The van der Waals surface area contributed by atoms with E-state index in [1.54, 1.807) is 11.4 Å². The first kappa shape index (κ1) is 18.2. The molecule has 1 aliphatic heterocycles. The lowest BCUT2D eigenvalue weighted by Gasteiger charge is -2.29. The van der Waals surface area contributed by atoms with E-state index < -0.39 is 5.91 Å². The quantitative estimate of drug-likeness (QED) is 0.736. The fourth-order valence-electron chi connectivity index (χ4n) is 3.25. The zero-order valence-electron chi connectivity index (χ0n) is 15.4. The second-order valence-electron chi connectivity index (χ2n) is 6.63. The number of carbonyl (C=O) groups is 2. The first-order chi connectivity index (χ1) is 13.6. The Bertz CT molecular complexity index is 1020. The Balaban J connectivity index is 1.43. The van der Waals surface area contributed by atoms with E-state index in [4.69, 9.17) is 0 Å². The van der Waals surface area contributed by atoms with Gasteiger partial charge in [-0.3, -0.25) is 14.9 Å². The first-order valence-corrected chi connectivity index (χ1v) is 9.91.